The molecule has 1 saturated heterocycles. The summed E-state index contributed by atoms with van der Waals surface area (Å²) in [6.07, 6.45) is -3.36. The highest BCUT2D eigenvalue weighted by atomic mass is 32.2. The fraction of sp³-hybridized carbons (Fsp3) is 0.278. The zero-order chi connectivity index (χ0) is 19.2. The molecule has 1 aliphatic rings. The number of aromatic nitrogens is 1. The fourth-order valence-electron chi connectivity index (χ4n) is 3.28. The molecule has 27 heavy (non-hydrogen) atoms. The molecule has 0 saturated carbocycles. The molecule has 4 rings (SSSR count). The second-order valence-electron chi connectivity index (χ2n) is 6.32. The van der Waals surface area contributed by atoms with Crippen LogP contribution in [0.15, 0.2) is 53.4 Å². The summed E-state index contributed by atoms with van der Waals surface area (Å²) < 4.78 is 67.3. The molecular weight excluding hydrogens is 397 g/mol. The lowest BCUT2D eigenvalue weighted by molar-refractivity contribution is -0.137. The number of alkyl halides is 3. The Labute approximate surface area is 158 Å². The maximum absolute atomic E-state index is 13.0. The number of benzene rings is 2. The van der Waals surface area contributed by atoms with Crippen LogP contribution in [0.2, 0.25) is 0 Å². The Morgan fingerprint density at radius 2 is 1.89 bits per heavy atom. The van der Waals surface area contributed by atoms with Crippen molar-refractivity contribution in [1.29, 1.82) is 0 Å². The van der Waals surface area contributed by atoms with Crippen LogP contribution in [-0.2, 0) is 16.2 Å². The average Bonchev–Trinajstić information content (AvgIpc) is 3.28. The van der Waals surface area contributed by atoms with E-state index in [2.05, 4.69) is 4.98 Å². The molecule has 142 valence electrons. The third kappa shape index (κ3) is 3.35. The molecule has 0 bridgehead atoms. The summed E-state index contributed by atoms with van der Waals surface area (Å²) in [6.45, 7) is 0.263. The molecule has 0 N–H and O–H groups in total. The van der Waals surface area contributed by atoms with E-state index in [9.17, 15) is 21.6 Å². The average molecular weight is 412 g/mol. The molecule has 2 heterocycles. The zero-order valence-corrected chi connectivity index (χ0v) is 15.6. The van der Waals surface area contributed by atoms with Crippen LogP contribution in [0.1, 0.15) is 29.5 Å². The Morgan fingerprint density at radius 3 is 2.63 bits per heavy atom. The minimum atomic E-state index is -4.59. The van der Waals surface area contributed by atoms with Crippen LogP contribution in [-0.4, -0.2) is 24.3 Å². The summed E-state index contributed by atoms with van der Waals surface area (Å²) in [7, 11) is -4.06. The van der Waals surface area contributed by atoms with Gasteiger partial charge in [0.05, 0.1) is 26.7 Å². The van der Waals surface area contributed by atoms with E-state index in [-0.39, 0.29) is 11.4 Å². The largest absolute Gasteiger partial charge is 0.416 e. The predicted octanol–water partition coefficient (Wildman–Crippen LogP) is 4.84. The van der Waals surface area contributed by atoms with E-state index in [0.717, 1.165) is 22.3 Å². The van der Waals surface area contributed by atoms with Gasteiger partial charge in [-0.05, 0) is 43.2 Å². The molecular formula is C18H15F3N2O2S2. The van der Waals surface area contributed by atoms with Crippen LogP contribution in [0.5, 0.6) is 0 Å². The van der Waals surface area contributed by atoms with Gasteiger partial charge in [0.15, 0.2) is 0 Å². The van der Waals surface area contributed by atoms with Crippen LogP contribution in [0, 0.1) is 0 Å². The summed E-state index contributed by atoms with van der Waals surface area (Å²) >= 11 is 1.42. The molecule has 1 fully saturated rings. The van der Waals surface area contributed by atoms with Crippen molar-refractivity contribution >= 4 is 31.6 Å². The molecule has 1 aliphatic heterocycles. The van der Waals surface area contributed by atoms with Crippen molar-refractivity contribution in [3.8, 4) is 0 Å². The molecule has 0 unspecified atom stereocenters. The normalized spacial score (nSPS) is 19.0. The van der Waals surface area contributed by atoms with E-state index in [1.165, 1.54) is 21.7 Å². The summed E-state index contributed by atoms with van der Waals surface area (Å²) in [5.41, 5.74) is -0.180. The van der Waals surface area contributed by atoms with Crippen molar-refractivity contribution in [3.63, 3.8) is 0 Å². The minimum absolute atomic E-state index is 0.263. The van der Waals surface area contributed by atoms with Gasteiger partial charge in [0.1, 0.15) is 5.01 Å². The number of nitrogens with zero attached hydrogens (tertiary/aromatic N) is 2. The van der Waals surface area contributed by atoms with Crippen LogP contribution in [0.4, 0.5) is 13.2 Å². The maximum Gasteiger partial charge on any atom is 0.416 e. The first-order valence-corrected chi connectivity index (χ1v) is 10.6. The third-order valence-electron chi connectivity index (χ3n) is 4.57. The van der Waals surface area contributed by atoms with Crippen LogP contribution >= 0.6 is 11.3 Å². The van der Waals surface area contributed by atoms with E-state index in [4.69, 9.17) is 0 Å². The molecule has 0 radical (unpaired) electrons. The summed E-state index contributed by atoms with van der Waals surface area (Å²) in [5.74, 6) is 0. The highest BCUT2D eigenvalue weighted by molar-refractivity contribution is 7.89. The first kappa shape index (κ1) is 18.4. The zero-order valence-electron chi connectivity index (χ0n) is 14.0. The van der Waals surface area contributed by atoms with Crippen molar-refractivity contribution in [3.05, 3.63) is 59.1 Å². The molecule has 3 aromatic rings. The minimum Gasteiger partial charge on any atom is -0.239 e. The van der Waals surface area contributed by atoms with Gasteiger partial charge in [-0.15, -0.1) is 11.3 Å². The van der Waals surface area contributed by atoms with Gasteiger partial charge in [-0.2, -0.15) is 17.5 Å². The van der Waals surface area contributed by atoms with Crippen molar-refractivity contribution in [2.45, 2.75) is 30.0 Å². The van der Waals surface area contributed by atoms with Crippen LogP contribution in [0.3, 0.4) is 0 Å². The Hall–Kier alpha value is -1.97. The quantitative estimate of drug-likeness (QED) is 0.619. The number of para-hydroxylation sites is 1. The van der Waals surface area contributed by atoms with Gasteiger partial charge in [-0.25, -0.2) is 13.4 Å². The van der Waals surface area contributed by atoms with E-state index in [1.807, 2.05) is 24.3 Å². The van der Waals surface area contributed by atoms with Gasteiger partial charge < -0.3 is 0 Å². The Balaban J connectivity index is 1.72. The van der Waals surface area contributed by atoms with E-state index in [1.54, 1.807) is 0 Å². The molecule has 2 aromatic carbocycles. The second kappa shape index (κ2) is 6.57. The smallest absolute Gasteiger partial charge is 0.239 e. The number of fused-ring (bicyclic) bond motifs is 1. The lowest BCUT2D eigenvalue weighted by atomic mass is 10.2. The standard InChI is InChI=1S/C18H15F3N2O2S2/c19-18(20,21)12-5-3-6-13(11-12)27(24,25)23-10-4-8-15(23)17-22-14-7-1-2-9-16(14)26-17/h1-3,5-7,9,11,15H,4,8,10H2/t15-/m1/s1. The fourth-order valence-corrected chi connectivity index (χ4v) is 6.16. The topological polar surface area (TPSA) is 50.3 Å². The Bertz CT molecular complexity index is 1060. The molecule has 0 amide bonds. The van der Waals surface area contributed by atoms with Crippen LogP contribution in [0.25, 0.3) is 10.2 Å². The molecule has 1 atom stereocenters. The summed E-state index contributed by atoms with van der Waals surface area (Å²) in [4.78, 5) is 4.20. The monoisotopic (exact) mass is 412 g/mol. The molecule has 4 nitrogen and oxygen atoms in total. The van der Waals surface area contributed by atoms with Crippen molar-refractivity contribution in [1.82, 2.24) is 9.29 Å². The van der Waals surface area contributed by atoms with E-state index < -0.39 is 27.8 Å². The third-order valence-corrected chi connectivity index (χ3v) is 7.61. The van der Waals surface area contributed by atoms with Crippen molar-refractivity contribution < 1.29 is 21.6 Å². The molecule has 0 aliphatic carbocycles. The number of hydrogen-bond donors (Lipinski definition) is 0. The highest BCUT2D eigenvalue weighted by Gasteiger charge is 2.39. The molecule has 9 heteroatoms. The lowest BCUT2D eigenvalue weighted by Crippen LogP contribution is -2.30. The van der Waals surface area contributed by atoms with Gasteiger partial charge in [0.25, 0.3) is 0 Å². The van der Waals surface area contributed by atoms with E-state index in [0.29, 0.717) is 23.9 Å². The predicted molar refractivity (Wildman–Crippen MR) is 96.9 cm³/mol. The maximum atomic E-state index is 13.0. The Kier molecular flexibility index (Phi) is 4.48. The first-order chi connectivity index (χ1) is 12.8. The van der Waals surface area contributed by atoms with Gasteiger partial charge in [-0.3, -0.25) is 0 Å². The first-order valence-electron chi connectivity index (χ1n) is 8.31. The number of hydrogen-bond acceptors (Lipinski definition) is 4. The number of thiazole rings is 1. The van der Waals surface area contributed by atoms with E-state index >= 15 is 0 Å². The van der Waals surface area contributed by atoms with Gasteiger partial charge >= 0.3 is 6.18 Å². The Morgan fingerprint density at radius 1 is 1.11 bits per heavy atom. The number of sulfonamides is 1. The molecule has 0 spiro atoms. The second-order valence-corrected chi connectivity index (χ2v) is 9.27. The van der Waals surface area contributed by atoms with Gasteiger partial charge in [-0.1, -0.05) is 18.2 Å². The van der Waals surface area contributed by atoms with Gasteiger partial charge in [0.2, 0.25) is 10.0 Å². The summed E-state index contributed by atoms with van der Waals surface area (Å²) in [5, 5.41) is 0.671. The number of rotatable bonds is 3. The van der Waals surface area contributed by atoms with Crippen molar-refractivity contribution in [2.75, 3.05) is 6.54 Å². The van der Waals surface area contributed by atoms with Gasteiger partial charge in [0, 0.05) is 6.54 Å². The van der Waals surface area contributed by atoms with Crippen LogP contribution < -0.4 is 0 Å². The molecule has 1 aromatic heterocycles. The SMILES string of the molecule is O=S(=O)(c1cccc(C(F)(F)F)c1)N1CCC[C@@H]1c1nc2ccccc2s1. The summed E-state index contributed by atoms with van der Waals surface area (Å²) in [6, 6.07) is 11.0. The highest BCUT2D eigenvalue weighted by Crippen LogP contribution is 2.40. The number of halogens is 3. The lowest BCUT2D eigenvalue weighted by Gasteiger charge is -2.23. The van der Waals surface area contributed by atoms with Crippen molar-refractivity contribution in [2.24, 2.45) is 0 Å².